The molecule has 3 nitrogen and oxygen atoms in total. The molecule has 0 spiro atoms. The molecule has 2 aromatic rings. The molecular formula is C20H18INO2SeSi. The van der Waals surface area contributed by atoms with Gasteiger partial charge in [-0.05, 0) is 0 Å². The predicted molar refractivity (Wildman–Crippen MR) is 119 cm³/mol. The molecule has 1 aliphatic carbocycles. The van der Waals surface area contributed by atoms with Crippen LogP contribution >= 0.6 is 22.6 Å². The number of aromatic hydroxyl groups is 1. The summed E-state index contributed by atoms with van der Waals surface area (Å²) in [4.78, 5) is 17.0. The molecule has 4 rings (SSSR count). The molecule has 0 saturated heterocycles. The Bertz CT molecular complexity index is 1020. The van der Waals surface area contributed by atoms with Gasteiger partial charge in [-0.15, -0.1) is 0 Å². The quantitative estimate of drug-likeness (QED) is 0.364. The predicted octanol–water partition coefficient (Wildman–Crippen LogP) is 4.11. The van der Waals surface area contributed by atoms with Crippen molar-refractivity contribution in [2.45, 2.75) is 25.9 Å². The topological polar surface area (TPSA) is 49.7 Å². The zero-order chi connectivity index (χ0) is 18.5. The number of carbonyl (C=O) groups excluding carboxylic acids is 1. The van der Waals surface area contributed by atoms with Gasteiger partial charge in [-0.3, -0.25) is 0 Å². The van der Waals surface area contributed by atoms with Crippen LogP contribution in [0.5, 0.6) is 5.75 Å². The zero-order valence-corrected chi connectivity index (χ0v) is 19.4. The fourth-order valence-electron chi connectivity index (χ4n) is 4.01. The standard InChI is InChI=1S/C20H18INO2SeSi/c1-3-10-26(2)17-11-12(23)4-5-13(17)22-14-6-7-15(24)19(20(14)26)16-8-9-18(21)25-16/h4-9,11,24H,3,10H2,1-2H3. The first-order valence-electron chi connectivity index (χ1n) is 8.59. The van der Waals surface area contributed by atoms with Gasteiger partial charge in [0.1, 0.15) is 0 Å². The van der Waals surface area contributed by atoms with Gasteiger partial charge in [-0.1, -0.05) is 0 Å². The van der Waals surface area contributed by atoms with Crippen LogP contribution in [0.4, 0.5) is 5.69 Å². The Morgan fingerprint density at radius 2 is 2.04 bits per heavy atom. The van der Waals surface area contributed by atoms with E-state index in [1.807, 2.05) is 12.1 Å². The molecule has 0 radical (unpaired) electrons. The van der Waals surface area contributed by atoms with Crippen LogP contribution < -0.4 is 5.19 Å². The Labute approximate surface area is 173 Å². The third-order valence-electron chi connectivity index (χ3n) is 5.09. The molecule has 0 saturated carbocycles. The van der Waals surface area contributed by atoms with Crippen molar-refractivity contribution in [1.82, 2.24) is 0 Å². The molecule has 2 heterocycles. The van der Waals surface area contributed by atoms with Crippen LogP contribution in [0.2, 0.25) is 12.6 Å². The number of phenolic OH excluding ortho intramolecular Hbond substituents is 1. The number of allylic oxidation sites excluding steroid dienone is 4. The molecule has 1 N–H and O–H groups in total. The maximum absolute atomic E-state index is 12.1. The molecule has 26 heavy (non-hydrogen) atoms. The van der Waals surface area contributed by atoms with E-state index < -0.39 is 8.07 Å². The second-order valence-corrected chi connectivity index (χ2v) is 16.1. The van der Waals surface area contributed by atoms with E-state index in [0.29, 0.717) is 5.75 Å². The van der Waals surface area contributed by atoms with Crippen molar-refractivity contribution in [2.24, 2.45) is 4.99 Å². The molecule has 6 heteroatoms. The van der Waals surface area contributed by atoms with E-state index >= 15 is 0 Å². The summed E-state index contributed by atoms with van der Waals surface area (Å²) < 4.78 is 2.54. The summed E-state index contributed by atoms with van der Waals surface area (Å²) in [6.07, 6.45) is 6.29. The van der Waals surface area contributed by atoms with Gasteiger partial charge in [-0.25, -0.2) is 0 Å². The fraction of sp³-hybridized carbons (Fsp3) is 0.200. The van der Waals surface area contributed by atoms with Gasteiger partial charge in [0.05, 0.1) is 0 Å². The Morgan fingerprint density at radius 1 is 1.23 bits per heavy atom. The third kappa shape index (κ3) is 2.83. The summed E-state index contributed by atoms with van der Waals surface area (Å²) in [7, 11) is -2.18. The fourth-order valence-corrected chi connectivity index (χ4v) is 11.8. The number of halogens is 1. The van der Waals surface area contributed by atoms with Crippen molar-refractivity contribution in [3.63, 3.8) is 0 Å². The number of hydrogen-bond donors (Lipinski definition) is 1. The van der Waals surface area contributed by atoms with Crippen molar-refractivity contribution in [3.05, 3.63) is 50.1 Å². The monoisotopic (exact) mass is 539 g/mol. The second kappa shape index (κ2) is 6.75. The number of fused-ring (bicyclic) bond motifs is 2. The zero-order valence-electron chi connectivity index (χ0n) is 14.5. The first-order chi connectivity index (χ1) is 12.4. The van der Waals surface area contributed by atoms with Crippen LogP contribution in [-0.4, -0.2) is 39.2 Å². The van der Waals surface area contributed by atoms with Gasteiger partial charge in [-0.2, -0.15) is 0 Å². The van der Waals surface area contributed by atoms with Crippen LogP contribution in [0.25, 0.3) is 10.0 Å². The normalized spacial score (nSPS) is 21.1. The average Bonchev–Trinajstić information content (AvgIpc) is 3.03. The molecule has 1 aliphatic heterocycles. The Hall–Kier alpha value is -1.21. The van der Waals surface area contributed by atoms with E-state index in [1.165, 1.54) is 12.1 Å². The number of aliphatic imine (C=N–C) groups is 1. The van der Waals surface area contributed by atoms with Crippen LogP contribution in [0.3, 0.4) is 0 Å². The Balaban J connectivity index is 2.07. The first-order valence-corrected chi connectivity index (χ1v) is 14.1. The molecule has 1 atom stereocenters. The molecule has 1 aromatic carbocycles. The molecule has 132 valence electrons. The first kappa shape index (κ1) is 18.2. The number of ketones is 1. The summed E-state index contributed by atoms with van der Waals surface area (Å²) >= 11 is 2.59. The van der Waals surface area contributed by atoms with Crippen molar-refractivity contribution in [3.8, 4) is 15.8 Å². The third-order valence-corrected chi connectivity index (χ3v) is 13.2. The summed E-state index contributed by atoms with van der Waals surface area (Å²) in [6, 6.07) is 9.01. The van der Waals surface area contributed by atoms with E-state index in [4.69, 9.17) is 4.99 Å². The van der Waals surface area contributed by atoms with Crippen LogP contribution in [0.15, 0.2) is 52.7 Å². The van der Waals surface area contributed by atoms with E-state index in [-0.39, 0.29) is 20.3 Å². The summed E-state index contributed by atoms with van der Waals surface area (Å²) in [5, 5.41) is 13.1. The molecule has 1 unspecified atom stereocenters. The minimum atomic E-state index is -2.18. The number of hydrogen-bond acceptors (Lipinski definition) is 3. The molecule has 2 aliphatic rings. The summed E-state index contributed by atoms with van der Waals surface area (Å²) in [6.45, 7) is 4.52. The van der Waals surface area contributed by atoms with E-state index in [9.17, 15) is 9.90 Å². The number of benzene rings is 1. The molecule has 0 amide bonds. The molecule has 0 bridgehead atoms. The van der Waals surface area contributed by atoms with Crippen molar-refractivity contribution in [2.75, 3.05) is 0 Å². The summed E-state index contributed by atoms with van der Waals surface area (Å²) in [5.74, 6) is 0.377. The van der Waals surface area contributed by atoms with E-state index in [2.05, 4.69) is 48.2 Å². The van der Waals surface area contributed by atoms with Gasteiger partial charge in [0.15, 0.2) is 0 Å². The molecule has 0 fully saturated rings. The van der Waals surface area contributed by atoms with Crippen LogP contribution in [-0.2, 0) is 4.79 Å². The van der Waals surface area contributed by atoms with Gasteiger partial charge in [0, 0.05) is 0 Å². The second-order valence-electron chi connectivity index (χ2n) is 6.83. The number of rotatable bonds is 3. The van der Waals surface area contributed by atoms with Gasteiger partial charge >= 0.3 is 174 Å². The van der Waals surface area contributed by atoms with Crippen molar-refractivity contribution < 1.29 is 9.90 Å². The van der Waals surface area contributed by atoms with E-state index in [0.717, 1.165) is 34.6 Å². The number of carbonyl (C=O) groups is 1. The summed E-state index contributed by atoms with van der Waals surface area (Å²) in [5.41, 5.74) is 2.86. The average molecular weight is 538 g/mol. The number of phenols is 1. The molecular weight excluding hydrogens is 520 g/mol. The minimum absolute atomic E-state index is 0.0412. The van der Waals surface area contributed by atoms with Crippen molar-refractivity contribution >= 4 is 67.5 Å². The van der Waals surface area contributed by atoms with Gasteiger partial charge in [0.2, 0.25) is 0 Å². The van der Waals surface area contributed by atoms with Gasteiger partial charge < -0.3 is 0 Å². The number of nitrogens with zero attached hydrogens (tertiary/aromatic N) is 1. The Kier molecular flexibility index (Phi) is 4.71. The van der Waals surface area contributed by atoms with Crippen LogP contribution in [0, 0.1) is 2.44 Å². The Morgan fingerprint density at radius 3 is 2.73 bits per heavy atom. The maximum atomic E-state index is 12.1. The van der Waals surface area contributed by atoms with Crippen molar-refractivity contribution in [1.29, 1.82) is 0 Å². The molecule has 1 aromatic heterocycles. The SMILES string of the molecule is CCC[Si]1(C)C2=CC(=O)C=CC2=Nc2ccc(O)c(-c3ccc(I)[se]3)c21. The van der Waals surface area contributed by atoms with E-state index in [1.54, 1.807) is 18.2 Å². The van der Waals surface area contributed by atoms with Gasteiger partial charge in [0.25, 0.3) is 0 Å². The van der Waals surface area contributed by atoms with Crippen LogP contribution in [0.1, 0.15) is 13.3 Å².